The Morgan fingerprint density at radius 1 is 1.33 bits per heavy atom. The van der Waals surface area contributed by atoms with Crippen LogP contribution < -0.4 is 20.1 Å². The Morgan fingerprint density at radius 3 is 2.52 bits per heavy atom. The van der Waals surface area contributed by atoms with Gasteiger partial charge in [-0.2, -0.15) is 0 Å². The average molecular weight is 297 g/mol. The van der Waals surface area contributed by atoms with E-state index >= 15 is 0 Å². The second-order valence-electron chi connectivity index (χ2n) is 3.92. The second kappa shape index (κ2) is 7.08. The van der Waals surface area contributed by atoms with E-state index in [1.165, 1.54) is 33.2 Å². The lowest BCUT2D eigenvalue weighted by Crippen LogP contribution is -2.44. The molecular weight excluding hydrogens is 282 g/mol. The van der Waals surface area contributed by atoms with Crippen LogP contribution in [0.5, 0.6) is 11.5 Å². The van der Waals surface area contributed by atoms with Crippen molar-refractivity contribution in [2.45, 2.75) is 13.0 Å². The number of benzene rings is 1. The molecule has 1 rings (SSSR count). The van der Waals surface area contributed by atoms with E-state index in [-0.39, 0.29) is 17.2 Å². The minimum absolute atomic E-state index is 0.0336. The number of hydrogen-bond donors (Lipinski definition) is 2. The van der Waals surface area contributed by atoms with E-state index in [1.807, 2.05) is 5.32 Å². The van der Waals surface area contributed by atoms with Crippen LogP contribution in [0, 0.1) is 10.1 Å². The minimum atomic E-state index is -1.04. The van der Waals surface area contributed by atoms with Gasteiger partial charge >= 0.3 is 6.03 Å². The first-order valence-corrected chi connectivity index (χ1v) is 5.90. The highest BCUT2D eigenvalue weighted by atomic mass is 16.6. The van der Waals surface area contributed by atoms with Gasteiger partial charge in [0.25, 0.3) is 11.6 Å². The fraction of sp³-hybridized carbons (Fsp3) is 0.333. The minimum Gasteiger partial charge on any atom is -0.493 e. The fourth-order valence-corrected chi connectivity index (χ4v) is 1.39. The number of nitrogens with one attached hydrogen (secondary N) is 2. The maximum Gasteiger partial charge on any atom is 0.321 e. The molecule has 0 aliphatic rings. The molecule has 0 saturated heterocycles. The largest absolute Gasteiger partial charge is 0.493 e. The van der Waals surface area contributed by atoms with Crippen LogP contribution in [0.4, 0.5) is 10.5 Å². The molecular formula is C12H15N3O6. The van der Waals surface area contributed by atoms with E-state index in [9.17, 15) is 19.7 Å². The zero-order valence-electron chi connectivity index (χ0n) is 11.7. The van der Waals surface area contributed by atoms with Crippen molar-refractivity contribution in [3.63, 3.8) is 0 Å². The van der Waals surface area contributed by atoms with Gasteiger partial charge in [-0.3, -0.25) is 20.2 Å². The van der Waals surface area contributed by atoms with E-state index in [0.29, 0.717) is 0 Å². The van der Waals surface area contributed by atoms with Gasteiger partial charge in [0.15, 0.2) is 17.6 Å². The van der Waals surface area contributed by atoms with E-state index < -0.39 is 23.0 Å². The summed E-state index contributed by atoms with van der Waals surface area (Å²) in [7, 11) is 2.72. The monoisotopic (exact) mass is 297 g/mol. The molecule has 0 fully saturated rings. The highest BCUT2D eigenvalue weighted by Gasteiger charge is 2.20. The Kier molecular flexibility index (Phi) is 5.47. The van der Waals surface area contributed by atoms with Gasteiger partial charge in [-0.05, 0) is 13.0 Å². The van der Waals surface area contributed by atoms with Gasteiger partial charge in [0.05, 0.1) is 18.1 Å². The third-order valence-electron chi connectivity index (χ3n) is 2.49. The molecule has 0 unspecified atom stereocenters. The number of carbonyl (C=O) groups excluding carboxylic acids is 2. The summed E-state index contributed by atoms with van der Waals surface area (Å²) in [5.41, 5.74) is -0.204. The number of rotatable bonds is 5. The standard InChI is InChI=1S/C12H15N3O6/c1-7(11(16)14-12(17)13-2)21-10-6-8(15(18)19)4-5-9(10)20-3/h4-7H,1-3H3,(H2,13,14,16,17)/t7-/m0/s1. The van der Waals surface area contributed by atoms with Crippen LogP contribution in [-0.2, 0) is 4.79 Å². The molecule has 9 heteroatoms. The van der Waals surface area contributed by atoms with Gasteiger partial charge in [-0.1, -0.05) is 0 Å². The number of urea groups is 1. The summed E-state index contributed by atoms with van der Waals surface area (Å²) in [5.74, 6) is -0.422. The lowest BCUT2D eigenvalue weighted by atomic mass is 10.2. The Labute approximate surface area is 120 Å². The number of carbonyl (C=O) groups is 2. The summed E-state index contributed by atoms with van der Waals surface area (Å²) in [4.78, 5) is 32.8. The lowest BCUT2D eigenvalue weighted by Gasteiger charge is -2.15. The van der Waals surface area contributed by atoms with Crippen LogP contribution in [0.15, 0.2) is 18.2 Å². The number of imide groups is 1. The number of ether oxygens (including phenoxy) is 2. The number of non-ortho nitro benzene ring substituents is 1. The molecule has 0 aliphatic heterocycles. The van der Waals surface area contributed by atoms with Gasteiger partial charge in [0.2, 0.25) is 0 Å². The SMILES string of the molecule is CNC(=O)NC(=O)[C@H](C)Oc1cc([N+](=O)[O-])ccc1OC. The van der Waals surface area contributed by atoms with Crippen molar-refractivity contribution in [2.75, 3.05) is 14.2 Å². The normalized spacial score (nSPS) is 11.2. The first-order chi connectivity index (χ1) is 9.88. The van der Waals surface area contributed by atoms with Gasteiger partial charge in [0.1, 0.15) is 0 Å². The molecule has 0 bridgehead atoms. The van der Waals surface area contributed by atoms with Crippen molar-refractivity contribution in [1.29, 1.82) is 0 Å². The van der Waals surface area contributed by atoms with E-state index in [4.69, 9.17) is 9.47 Å². The quantitative estimate of drug-likeness (QED) is 0.613. The van der Waals surface area contributed by atoms with Crippen molar-refractivity contribution in [3.8, 4) is 11.5 Å². The Balaban J connectivity index is 2.89. The summed E-state index contributed by atoms with van der Waals surface area (Å²) in [6.07, 6.45) is -1.04. The smallest absolute Gasteiger partial charge is 0.321 e. The summed E-state index contributed by atoms with van der Waals surface area (Å²) in [6, 6.07) is 3.07. The Bertz CT molecular complexity index is 560. The number of nitro benzene ring substituents is 1. The van der Waals surface area contributed by atoms with Crippen LogP contribution >= 0.6 is 0 Å². The molecule has 1 aromatic carbocycles. The van der Waals surface area contributed by atoms with Crippen LogP contribution in [0.1, 0.15) is 6.92 Å². The number of nitrogens with zero attached hydrogens (tertiary/aromatic N) is 1. The Hall–Kier alpha value is -2.84. The first kappa shape index (κ1) is 16.2. The molecule has 1 aromatic rings. The van der Waals surface area contributed by atoms with Crippen molar-refractivity contribution >= 4 is 17.6 Å². The summed E-state index contributed by atoms with van der Waals surface area (Å²) >= 11 is 0. The fourth-order valence-electron chi connectivity index (χ4n) is 1.39. The van der Waals surface area contributed by atoms with Gasteiger partial charge in [-0.25, -0.2) is 4.79 Å². The summed E-state index contributed by atoms with van der Waals surface area (Å²) in [6.45, 7) is 1.40. The van der Waals surface area contributed by atoms with Crippen molar-refractivity contribution in [3.05, 3.63) is 28.3 Å². The van der Waals surface area contributed by atoms with Crippen molar-refractivity contribution in [1.82, 2.24) is 10.6 Å². The van der Waals surface area contributed by atoms with Crippen LogP contribution in [-0.4, -0.2) is 37.1 Å². The number of amides is 3. The van der Waals surface area contributed by atoms with E-state index in [2.05, 4.69) is 5.32 Å². The third kappa shape index (κ3) is 4.34. The zero-order chi connectivity index (χ0) is 16.0. The van der Waals surface area contributed by atoms with Crippen LogP contribution in [0.25, 0.3) is 0 Å². The highest BCUT2D eigenvalue weighted by molar-refractivity contribution is 5.96. The summed E-state index contributed by atoms with van der Waals surface area (Å²) < 4.78 is 10.3. The molecule has 0 aromatic heterocycles. The van der Waals surface area contributed by atoms with Gasteiger partial charge in [0, 0.05) is 13.1 Å². The molecule has 0 spiro atoms. The molecule has 114 valence electrons. The number of nitro groups is 1. The molecule has 21 heavy (non-hydrogen) atoms. The average Bonchev–Trinajstić information content (AvgIpc) is 2.46. The van der Waals surface area contributed by atoms with Crippen LogP contribution in [0.2, 0.25) is 0 Å². The third-order valence-corrected chi connectivity index (χ3v) is 2.49. The van der Waals surface area contributed by atoms with Crippen LogP contribution in [0.3, 0.4) is 0 Å². The maximum absolute atomic E-state index is 11.7. The molecule has 0 saturated carbocycles. The zero-order valence-corrected chi connectivity index (χ0v) is 11.7. The van der Waals surface area contributed by atoms with Crippen molar-refractivity contribution < 1.29 is 24.0 Å². The number of hydrogen-bond acceptors (Lipinski definition) is 6. The second-order valence-corrected chi connectivity index (χ2v) is 3.92. The molecule has 1 atom stereocenters. The highest BCUT2D eigenvalue weighted by Crippen LogP contribution is 2.31. The van der Waals surface area contributed by atoms with Gasteiger partial charge in [-0.15, -0.1) is 0 Å². The van der Waals surface area contributed by atoms with Gasteiger partial charge < -0.3 is 14.8 Å². The molecule has 0 heterocycles. The predicted octanol–water partition coefficient (Wildman–Crippen LogP) is 0.826. The predicted molar refractivity (Wildman–Crippen MR) is 72.3 cm³/mol. The molecule has 3 amide bonds. The first-order valence-electron chi connectivity index (χ1n) is 5.90. The molecule has 9 nitrogen and oxygen atoms in total. The molecule has 2 N–H and O–H groups in total. The van der Waals surface area contributed by atoms with E-state index in [0.717, 1.165) is 6.07 Å². The van der Waals surface area contributed by atoms with E-state index in [1.54, 1.807) is 0 Å². The Morgan fingerprint density at radius 2 is 2.00 bits per heavy atom. The molecule has 0 radical (unpaired) electrons. The summed E-state index contributed by atoms with van der Waals surface area (Å²) in [5, 5.41) is 15.0. The topological polar surface area (TPSA) is 120 Å². The molecule has 0 aliphatic carbocycles. The van der Waals surface area contributed by atoms with Crippen molar-refractivity contribution in [2.24, 2.45) is 0 Å². The number of methoxy groups -OCH3 is 1. The lowest BCUT2D eigenvalue weighted by molar-refractivity contribution is -0.385. The maximum atomic E-state index is 11.7.